The van der Waals surface area contributed by atoms with E-state index >= 15 is 0 Å². The summed E-state index contributed by atoms with van der Waals surface area (Å²) in [7, 11) is 0. The minimum absolute atomic E-state index is 0.0399. The molecule has 0 bridgehead atoms. The van der Waals surface area contributed by atoms with Crippen LogP contribution in [0.1, 0.15) is 46.9 Å². The second-order valence-electron chi connectivity index (χ2n) is 4.83. The van der Waals surface area contributed by atoms with Gasteiger partial charge in [0.2, 0.25) is 0 Å². The molecule has 0 amide bonds. The molecule has 2 heterocycles. The Bertz CT molecular complexity index is 440. The number of aromatic nitrogens is 2. The standard InChI is InChI=1S/C10H12N2S.C3H8/c1-10(2,3)9-11-6-7-4-5-13-8(7)12-9;1-3-2/h4-6H,1-3H3;3H2,1-2H3. The van der Waals surface area contributed by atoms with Crippen LogP contribution in [-0.4, -0.2) is 9.97 Å². The molecule has 0 spiro atoms. The molecule has 0 radical (unpaired) electrons. The molecule has 0 aliphatic heterocycles. The summed E-state index contributed by atoms with van der Waals surface area (Å²) in [5.74, 6) is 0.919. The fourth-order valence-electron chi connectivity index (χ4n) is 1.12. The van der Waals surface area contributed by atoms with E-state index in [0.717, 1.165) is 16.0 Å². The second kappa shape index (κ2) is 5.39. The smallest absolute Gasteiger partial charge is 0.135 e. The van der Waals surface area contributed by atoms with Crippen molar-refractivity contribution in [3.63, 3.8) is 0 Å². The minimum Gasteiger partial charge on any atom is -0.240 e. The van der Waals surface area contributed by atoms with E-state index in [9.17, 15) is 0 Å². The highest BCUT2D eigenvalue weighted by atomic mass is 32.1. The van der Waals surface area contributed by atoms with Crippen LogP contribution in [0.25, 0.3) is 10.2 Å². The highest BCUT2D eigenvalue weighted by Crippen LogP contribution is 2.22. The Morgan fingerprint density at radius 3 is 2.44 bits per heavy atom. The Hall–Kier alpha value is -0.960. The van der Waals surface area contributed by atoms with Crippen LogP contribution < -0.4 is 0 Å². The number of rotatable bonds is 0. The van der Waals surface area contributed by atoms with Gasteiger partial charge in [0.25, 0.3) is 0 Å². The molecule has 0 aliphatic carbocycles. The molecule has 16 heavy (non-hydrogen) atoms. The molecule has 0 atom stereocenters. The van der Waals surface area contributed by atoms with E-state index in [4.69, 9.17) is 0 Å². The molecule has 0 unspecified atom stereocenters. The highest BCUT2D eigenvalue weighted by molar-refractivity contribution is 7.16. The second-order valence-corrected chi connectivity index (χ2v) is 5.73. The first-order valence-corrected chi connectivity index (χ1v) is 6.57. The van der Waals surface area contributed by atoms with Crippen LogP contribution in [0, 0.1) is 0 Å². The summed E-state index contributed by atoms with van der Waals surface area (Å²) in [6, 6.07) is 2.05. The predicted octanol–water partition coefficient (Wildman–Crippen LogP) is 4.41. The van der Waals surface area contributed by atoms with Gasteiger partial charge >= 0.3 is 0 Å². The van der Waals surface area contributed by atoms with Crippen molar-refractivity contribution >= 4 is 21.6 Å². The van der Waals surface area contributed by atoms with Gasteiger partial charge in [-0.2, -0.15) is 0 Å². The molecule has 0 saturated heterocycles. The van der Waals surface area contributed by atoms with Gasteiger partial charge in [0, 0.05) is 17.0 Å². The highest BCUT2D eigenvalue weighted by Gasteiger charge is 2.17. The van der Waals surface area contributed by atoms with Crippen LogP contribution in [0.5, 0.6) is 0 Å². The summed E-state index contributed by atoms with van der Waals surface area (Å²) in [6.45, 7) is 10.6. The van der Waals surface area contributed by atoms with E-state index in [-0.39, 0.29) is 5.41 Å². The Kier molecular flexibility index (Phi) is 4.42. The van der Waals surface area contributed by atoms with Crippen molar-refractivity contribution in [3.8, 4) is 0 Å². The van der Waals surface area contributed by atoms with E-state index in [1.807, 2.05) is 17.6 Å². The molecule has 3 heteroatoms. The average Bonchev–Trinajstić information content (AvgIpc) is 2.63. The van der Waals surface area contributed by atoms with Crippen LogP contribution in [-0.2, 0) is 5.41 Å². The van der Waals surface area contributed by atoms with Gasteiger partial charge in [-0.05, 0) is 11.4 Å². The van der Waals surface area contributed by atoms with Crippen molar-refractivity contribution in [2.45, 2.75) is 46.5 Å². The van der Waals surface area contributed by atoms with Crippen molar-refractivity contribution < 1.29 is 0 Å². The number of hydrogen-bond donors (Lipinski definition) is 0. The minimum atomic E-state index is 0.0399. The van der Waals surface area contributed by atoms with Crippen molar-refractivity contribution in [2.24, 2.45) is 0 Å². The Balaban J connectivity index is 0.000000386. The van der Waals surface area contributed by atoms with Gasteiger partial charge in [0.1, 0.15) is 10.7 Å². The average molecular weight is 236 g/mol. The van der Waals surface area contributed by atoms with Crippen LogP contribution in [0.3, 0.4) is 0 Å². The lowest BCUT2D eigenvalue weighted by Gasteiger charge is -2.15. The lowest BCUT2D eigenvalue weighted by molar-refractivity contribution is 0.549. The maximum absolute atomic E-state index is 4.51. The number of thiophene rings is 1. The summed E-state index contributed by atoms with van der Waals surface area (Å²) >= 11 is 1.67. The maximum Gasteiger partial charge on any atom is 0.135 e. The molecule has 0 aliphatic rings. The lowest BCUT2D eigenvalue weighted by Crippen LogP contribution is -2.15. The zero-order valence-electron chi connectivity index (χ0n) is 10.7. The molecular formula is C13H20N2S. The molecule has 2 aromatic rings. The van der Waals surface area contributed by atoms with Crippen LogP contribution >= 0.6 is 11.3 Å². The van der Waals surface area contributed by atoms with Crippen LogP contribution in [0.15, 0.2) is 17.6 Å². The number of fused-ring (bicyclic) bond motifs is 1. The Labute approximate surface area is 102 Å². The molecule has 2 aromatic heterocycles. The largest absolute Gasteiger partial charge is 0.240 e. The van der Waals surface area contributed by atoms with E-state index in [1.165, 1.54) is 6.42 Å². The third kappa shape index (κ3) is 3.27. The van der Waals surface area contributed by atoms with Crippen LogP contribution in [0.4, 0.5) is 0 Å². The molecule has 88 valence electrons. The number of hydrogen-bond acceptors (Lipinski definition) is 3. The monoisotopic (exact) mass is 236 g/mol. The fourth-order valence-corrected chi connectivity index (χ4v) is 1.86. The van der Waals surface area contributed by atoms with E-state index in [2.05, 4.69) is 44.6 Å². The predicted molar refractivity (Wildman–Crippen MR) is 72.1 cm³/mol. The molecule has 0 N–H and O–H groups in total. The quantitative estimate of drug-likeness (QED) is 0.677. The number of nitrogens with zero attached hydrogens (tertiary/aromatic N) is 2. The van der Waals surface area contributed by atoms with Crippen LogP contribution in [0.2, 0.25) is 0 Å². The summed E-state index contributed by atoms with van der Waals surface area (Å²) in [6.07, 6.45) is 3.15. The third-order valence-electron chi connectivity index (χ3n) is 1.88. The summed E-state index contributed by atoms with van der Waals surface area (Å²) in [5.41, 5.74) is 0.0399. The van der Waals surface area contributed by atoms with Gasteiger partial charge in [-0.3, -0.25) is 0 Å². The maximum atomic E-state index is 4.51. The van der Waals surface area contributed by atoms with E-state index in [1.54, 1.807) is 11.3 Å². The molecule has 0 fully saturated rings. The van der Waals surface area contributed by atoms with Gasteiger partial charge in [0.05, 0.1) is 0 Å². The van der Waals surface area contributed by atoms with Crippen molar-refractivity contribution in [2.75, 3.05) is 0 Å². The topological polar surface area (TPSA) is 25.8 Å². The first-order chi connectivity index (χ1) is 7.49. The lowest BCUT2D eigenvalue weighted by atomic mass is 9.96. The van der Waals surface area contributed by atoms with Gasteiger partial charge in [-0.1, -0.05) is 41.0 Å². The molecule has 0 aromatic carbocycles. The Morgan fingerprint density at radius 2 is 1.88 bits per heavy atom. The van der Waals surface area contributed by atoms with Gasteiger partial charge in [-0.15, -0.1) is 11.3 Å². The molecule has 0 saturated carbocycles. The van der Waals surface area contributed by atoms with Crippen molar-refractivity contribution in [1.29, 1.82) is 0 Å². The first-order valence-electron chi connectivity index (χ1n) is 5.69. The normalized spacial score (nSPS) is 11.1. The third-order valence-corrected chi connectivity index (χ3v) is 2.70. The summed E-state index contributed by atoms with van der Waals surface area (Å²) < 4.78 is 0. The van der Waals surface area contributed by atoms with Crippen molar-refractivity contribution in [1.82, 2.24) is 9.97 Å². The molecular weight excluding hydrogens is 216 g/mol. The SMILES string of the molecule is CC(C)(C)c1ncc2ccsc2n1.CCC. The molecule has 2 rings (SSSR count). The molecule has 2 nitrogen and oxygen atoms in total. The Morgan fingerprint density at radius 1 is 1.25 bits per heavy atom. The van der Waals surface area contributed by atoms with E-state index < -0.39 is 0 Å². The van der Waals surface area contributed by atoms with Crippen molar-refractivity contribution in [3.05, 3.63) is 23.5 Å². The van der Waals surface area contributed by atoms with Gasteiger partial charge < -0.3 is 0 Å². The van der Waals surface area contributed by atoms with Gasteiger partial charge in [0.15, 0.2) is 0 Å². The summed E-state index contributed by atoms with van der Waals surface area (Å²) in [4.78, 5) is 9.94. The first kappa shape index (κ1) is 13.1. The van der Waals surface area contributed by atoms with Gasteiger partial charge in [-0.25, -0.2) is 9.97 Å². The zero-order valence-corrected chi connectivity index (χ0v) is 11.6. The zero-order chi connectivity index (χ0) is 12.2. The summed E-state index contributed by atoms with van der Waals surface area (Å²) in [5, 5.41) is 3.18. The fraction of sp³-hybridized carbons (Fsp3) is 0.538. The van der Waals surface area contributed by atoms with E-state index in [0.29, 0.717) is 0 Å².